The van der Waals surface area contributed by atoms with E-state index in [1.807, 2.05) is 0 Å². The van der Waals surface area contributed by atoms with Crippen molar-refractivity contribution < 1.29 is 4.79 Å². The number of aromatic amines is 1. The number of nitrogens with zero attached hydrogens (tertiary/aromatic N) is 1. The second kappa shape index (κ2) is 3.72. The average molecular weight is 169 g/mol. The highest BCUT2D eigenvalue weighted by molar-refractivity contribution is 5.88. The van der Waals surface area contributed by atoms with Gasteiger partial charge in [0.05, 0.1) is 6.20 Å². The van der Waals surface area contributed by atoms with Gasteiger partial charge in [0, 0.05) is 19.2 Å². The Morgan fingerprint density at radius 1 is 1.83 bits per heavy atom. The van der Waals surface area contributed by atoms with Crippen LogP contribution in [-0.4, -0.2) is 23.3 Å². The number of rotatable bonds is 2. The van der Waals surface area contributed by atoms with Gasteiger partial charge in [-0.15, -0.1) is 0 Å². The number of amides is 2. The van der Waals surface area contributed by atoms with Crippen LogP contribution >= 0.6 is 0 Å². The van der Waals surface area contributed by atoms with E-state index >= 15 is 0 Å². The van der Waals surface area contributed by atoms with Crippen molar-refractivity contribution in [1.29, 1.82) is 0 Å². The Hall–Kier alpha value is -1.56. The van der Waals surface area contributed by atoms with E-state index < -0.39 is 0 Å². The van der Waals surface area contributed by atoms with Crippen LogP contribution in [0.1, 0.15) is 5.56 Å². The van der Waals surface area contributed by atoms with Crippen molar-refractivity contribution >= 4 is 11.8 Å². The molecule has 1 rings (SSSR count). The molecule has 0 aliphatic rings. The summed E-state index contributed by atoms with van der Waals surface area (Å²) in [4.78, 5) is 10.8. The monoisotopic (exact) mass is 169 g/mol. The third kappa shape index (κ3) is 1.73. The summed E-state index contributed by atoms with van der Waals surface area (Å²) in [5, 5.41) is 11.3. The van der Waals surface area contributed by atoms with Crippen LogP contribution in [0.3, 0.4) is 0 Å². The lowest BCUT2D eigenvalue weighted by atomic mass is 10.3. The summed E-state index contributed by atoms with van der Waals surface area (Å²) in [7, 11) is 1.54. The van der Waals surface area contributed by atoms with Gasteiger partial charge in [-0.2, -0.15) is 5.10 Å². The molecular formula is C6H11N5O. The fourth-order valence-electron chi connectivity index (χ4n) is 0.750. The molecular weight excluding hydrogens is 158 g/mol. The van der Waals surface area contributed by atoms with Gasteiger partial charge in [-0.1, -0.05) is 0 Å². The highest BCUT2D eigenvalue weighted by atomic mass is 16.2. The van der Waals surface area contributed by atoms with Gasteiger partial charge in [0.25, 0.3) is 0 Å². The molecule has 1 aromatic rings. The molecule has 1 aromatic heterocycles. The molecule has 0 fully saturated rings. The average Bonchev–Trinajstić information content (AvgIpc) is 2.51. The smallest absolute Gasteiger partial charge is 0.320 e. The van der Waals surface area contributed by atoms with Gasteiger partial charge < -0.3 is 11.1 Å². The van der Waals surface area contributed by atoms with Crippen molar-refractivity contribution in [2.24, 2.45) is 5.73 Å². The maximum absolute atomic E-state index is 10.8. The first-order valence-electron chi connectivity index (χ1n) is 3.49. The van der Waals surface area contributed by atoms with E-state index in [0.717, 1.165) is 5.56 Å². The lowest BCUT2D eigenvalue weighted by molar-refractivity contribution is 0.254. The SMILES string of the molecule is CNC(=O)Nc1[nH]ncc1CN. The Bertz CT molecular complexity index is 269. The zero-order valence-corrected chi connectivity index (χ0v) is 6.72. The lowest BCUT2D eigenvalue weighted by Gasteiger charge is -2.02. The first-order valence-corrected chi connectivity index (χ1v) is 3.49. The van der Waals surface area contributed by atoms with Gasteiger partial charge in [0.1, 0.15) is 5.82 Å². The van der Waals surface area contributed by atoms with Gasteiger partial charge in [-0.3, -0.25) is 10.4 Å². The lowest BCUT2D eigenvalue weighted by Crippen LogP contribution is -2.25. The number of H-pyrrole nitrogens is 1. The van der Waals surface area contributed by atoms with Crippen LogP contribution in [0, 0.1) is 0 Å². The van der Waals surface area contributed by atoms with E-state index in [2.05, 4.69) is 20.8 Å². The highest BCUT2D eigenvalue weighted by Crippen LogP contribution is 2.08. The molecule has 6 heteroatoms. The Morgan fingerprint density at radius 2 is 2.58 bits per heavy atom. The molecule has 0 aliphatic heterocycles. The van der Waals surface area contributed by atoms with Crippen LogP contribution in [0.25, 0.3) is 0 Å². The largest absolute Gasteiger partial charge is 0.341 e. The van der Waals surface area contributed by atoms with E-state index in [1.165, 1.54) is 7.05 Å². The van der Waals surface area contributed by atoms with E-state index in [4.69, 9.17) is 5.73 Å². The predicted molar refractivity (Wildman–Crippen MR) is 44.6 cm³/mol. The summed E-state index contributed by atoms with van der Waals surface area (Å²) < 4.78 is 0. The molecule has 0 unspecified atom stereocenters. The molecule has 0 atom stereocenters. The topological polar surface area (TPSA) is 95.8 Å². The van der Waals surface area contributed by atoms with Crippen molar-refractivity contribution in [3.8, 4) is 0 Å². The number of nitrogens with one attached hydrogen (secondary N) is 3. The molecule has 12 heavy (non-hydrogen) atoms. The van der Waals surface area contributed by atoms with Gasteiger partial charge in [-0.05, 0) is 0 Å². The van der Waals surface area contributed by atoms with Crippen LogP contribution in [-0.2, 0) is 6.54 Å². The van der Waals surface area contributed by atoms with Crippen LogP contribution in [0.5, 0.6) is 0 Å². The Morgan fingerprint density at radius 3 is 3.17 bits per heavy atom. The molecule has 66 valence electrons. The molecule has 2 amide bonds. The van der Waals surface area contributed by atoms with Crippen LogP contribution < -0.4 is 16.4 Å². The minimum absolute atomic E-state index is 0.297. The van der Waals surface area contributed by atoms with Crippen LogP contribution in [0.4, 0.5) is 10.6 Å². The van der Waals surface area contributed by atoms with Gasteiger partial charge in [0.2, 0.25) is 0 Å². The number of urea groups is 1. The molecule has 0 spiro atoms. The van der Waals surface area contributed by atoms with Gasteiger partial charge >= 0.3 is 6.03 Å². The summed E-state index contributed by atoms with van der Waals surface area (Å²) in [5.74, 6) is 0.539. The summed E-state index contributed by atoms with van der Waals surface area (Å²) in [6, 6.07) is -0.297. The molecule has 6 nitrogen and oxygen atoms in total. The zero-order chi connectivity index (χ0) is 8.97. The van der Waals surface area contributed by atoms with Gasteiger partial charge in [0.15, 0.2) is 0 Å². The summed E-state index contributed by atoms with van der Waals surface area (Å²) >= 11 is 0. The molecule has 0 aromatic carbocycles. The zero-order valence-electron chi connectivity index (χ0n) is 6.72. The molecule has 0 aliphatic carbocycles. The normalized spacial score (nSPS) is 9.50. The van der Waals surface area contributed by atoms with E-state index in [-0.39, 0.29) is 6.03 Å². The van der Waals surface area contributed by atoms with Crippen molar-refractivity contribution in [2.45, 2.75) is 6.54 Å². The van der Waals surface area contributed by atoms with E-state index in [1.54, 1.807) is 6.20 Å². The van der Waals surface area contributed by atoms with Crippen LogP contribution in [0.15, 0.2) is 6.20 Å². The number of anilines is 1. The predicted octanol–water partition coefficient (Wildman–Crippen LogP) is -0.380. The molecule has 0 saturated heterocycles. The maximum Gasteiger partial charge on any atom is 0.320 e. The summed E-state index contributed by atoms with van der Waals surface area (Å²) in [6.45, 7) is 0.343. The van der Waals surface area contributed by atoms with Crippen molar-refractivity contribution in [3.63, 3.8) is 0 Å². The fraction of sp³-hybridized carbons (Fsp3) is 0.333. The number of hydrogen-bond acceptors (Lipinski definition) is 3. The summed E-state index contributed by atoms with van der Waals surface area (Å²) in [5.41, 5.74) is 6.16. The first-order chi connectivity index (χ1) is 5.77. The minimum Gasteiger partial charge on any atom is -0.341 e. The molecule has 0 saturated carbocycles. The molecule has 0 bridgehead atoms. The third-order valence-electron chi connectivity index (χ3n) is 1.40. The van der Waals surface area contributed by atoms with E-state index in [0.29, 0.717) is 12.4 Å². The second-order valence-corrected chi connectivity index (χ2v) is 2.18. The Labute approximate surface area is 69.5 Å². The second-order valence-electron chi connectivity index (χ2n) is 2.18. The van der Waals surface area contributed by atoms with Gasteiger partial charge in [-0.25, -0.2) is 4.79 Å². The number of nitrogens with two attached hydrogens (primary N) is 1. The van der Waals surface area contributed by atoms with Crippen molar-refractivity contribution in [1.82, 2.24) is 15.5 Å². The first kappa shape index (κ1) is 8.54. The number of hydrogen-bond donors (Lipinski definition) is 4. The number of carbonyl (C=O) groups is 1. The summed E-state index contributed by atoms with van der Waals surface area (Å²) in [6.07, 6.45) is 1.57. The van der Waals surface area contributed by atoms with Crippen LogP contribution in [0.2, 0.25) is 0 Å². The minimum atomic E-state index is -0.297. The molecule has 0 radical (unpaired) electrons. The third-order valence-corrected chi connectivity index (χ3v) is 1.40. The van der Waals surface area contributed by atoms with Crippen molar-refractivity contribution in [3.05, 3.63) is 11.8 Å². The fourth-order valence-corrected chi connectivity index (χ4v) is 0.750. The van der Waals surface area contributed by atoms with E-state index in [9.17, 15) is 4.79 Å². The maximum atomic E-state index is 10.8. The number of aromatic nitrogens is 2. The highest BCUT2D eigenvalue weighted by Gasteiger charge is 2.04. The van der Waals surface area contributed by atoms with Crippen molar-refractivity contribution in [2.75, 3.05) is 12.4 Å². The molecule has 1 heterocycles. The number of carbonyl (C=O) groups excluding carboxylic acids is 1. The molecule has 5 N–H and O–H groups in total. The Balaban J connectivity index is 2.68. The standard InChI is InChI=1S/C6H11N5O/c1-8-6(12)10-5-4(2-7)3-9-11-5/h3H,2,7H2,1H3,(H3,8,9,10,11,12). The quantitative estimate of drug-likeness (QED) is 0.486. The Kier molecular flexibility index (Phi) is 2.65.